The molecule has 1 aliphatic heterocycles. The van der Waals surface area contributed by atoms with Crippen LogP contribution in [0.3, 0.4) is 0 Å². The number of hydrogen-bond donors (Lipinski definition) is 1. The maximum absolute atomic E-state index is 11.9. The van der Waals surface area contributed by atoms with Crippen molar-refractivity contribution in [2.75, 3.05) is 13.2 Å². The van der Waals surface area contributed by atoms with Gasteiger partial charge in [0.25, 0.3) is 0 Å². The molecule has 2 atom stereocenters. The SMILES string of the molecule is CC(C)(C)OC(=O)N[C@@H](CCCCO[Si](C)(C)C(C)(C)C)[C@H]1CO1. The second-order valence-electron chi connectivity index (χ2n) is 9.23. The van der Waals surface area contributed by atoms with Crippen molar-refractivity contribution in [3.63, 3.8) is 0 Å². The Hall–Kier alpha value is -0.593. The van der Waals surface area contributed by atoms with Gasteiger partial charge >= 0.3 is 6.09 Å². The lowest BCUT2D eigenvalue weighted by molar-refractivity contribution is 0.0491. The number of epoxide rings is 1. The van der Waals surface area contributed by atoms with E-state index in [9.17, 15) is 4.79 Å². The van der Waals surface area contributed by atoms with Gasteiger partial charge in [0.1, 0.15) is 11.7 Å². The van der Waals surface area contributed by atoms with Crippen LogP contribution >= 0.6 is 0 Å². The largest absolute Gasteiger partial charge is 0.444 e. The highest BCUT2D eigenvalue weighted by Crippen LogP contribution is 2.36. The number of amides is 1. The molecule has 5 nitrogen and oxygen atoms in total. The standard InChI is InChI=1S/C18H37NO4Si/c1-17(2,3)23-16(20)19-14(15-13-21-15)11-9-10-12-22-24(7,8)18(4,5)6/h14-15H,9-13H2,1-8H3,(H,19,20)/t14-,15+/m0/s1. The molecule has 0 aromatic carbocycles. The number of alkyl carbamates (subject to hydrolysis) is 1. The Morgan fingerprint density at radius 1 is 1.21 bits per heavy atom. The molecule has 0 aliphatic carbocycles. The van der Waals surface area contributed by atoms with E-state index in [-0.39, 0.29) is 23.3 Å². The molecule has 0 unspecified atom stereocenters. The second-order valence-corrected chi connectivity index (χ2v) is 14.0. The van der Waals surface area contributed by atoms with Crippen LogP contribution in [0.1, 0.15) is 60.8 Å². The van der Waals surface area contributed by atoms with Crippen molar-refractivity contribution < 1.29 is 18.7 Å². The van der Waals surface area contributed by atoms with Gasteiger partial charge in [-0.3, -0.25) is 0 Å². The number of rotatable bonds is 8. The van der Waals surface area contributed by atoms with Crippen LogP contribution in [0.15, 0.2) is 0 Å². The third-order valence-corrected chi connectivity index (χ3v) is 9.23. The summed E-state index contributed by atoms with van der Waals surface area (Å²) < 4.78 is 16.9. The number of ether oxygens (including phenoxy) is 2. The molecule has 1 N–H and O–H groups in total. The van der Waals surface area contributed by atoms with Gasteiger partial charge in [-0.25, -0.2) is 4.79 Å². The number of hydrogen-bond acceptors (Lipinski definition) is 4. The van der Waals surface area contributed by atoms with E-state index in [0.29, 0.717) is 0 Å². The average Bonchev–Trinajstić information content (AvgIpc) is 3.17. The van der Waals surface area contributed by atoms with Gasteiger partial charge in [0.15, 0.2) is 8.32 Å². The maximum atomic E-state index is 11.9. The summed E-state index contributed by atoms with van der Waals surface area (Å²) >= 11 is 0. The van der Waals surface area contributed by atoms with Crippen molar-refractivity contribution in [2.45, 2.75) is 96.7 Å². The summed E-state index contributed by atoms with van der Waals surface area (Å²) in [5, 5.41) is 3.19. The Labute approximate surface area is 148 Å². The number of carbonyl (C=O) groups excluding carboxylic acids is 1. The van der Waals surface area contributed by atoms with Gasteiger partial charge in [-0.15, -0.1) is 0 Å². The summed E-state index contributed by atoms with van der Waals surface area (Å²) in [6.07, 6.45) is 2.69. The summed E-state index contributed by atoms with van der Waals surface area (Å²) in [6.45, 7) is 18.4. The van der Waals surface area contributed by atoms with Crippen LogP contribution in [0.4, 0.5) is 4.79 Å². The van der Waals surface area contributed by atoms with E-state index < -0.39 is 13.9 Å². The van der Waals surface area contributed by atoms with Gasteiger partial charge in [0.2, 0.25) is 0 Å². The van der Waals surface area contributed by atoms with Crippen molar-refractivity contribution in [2.24, 2.45) is 0 Å². The predicted octanol–water partition coefficient (Wildman–Crippen LogP) is 4.47. The van der Waals surface area contributed by atoms with Gasteiger partial charge in [-0.05, 0) is 58.2 Å². The minimum atomic E-state index is -1.66. The van der Waals surface area contributed by atoms with E-state index in [4.69, 9.17) is 13.9 Å². The Morgan fingerprint density at radius 3 is 2.25 bits per heavy atom. The summed E-state index contributed by atoms with van der Waals surface area (Å²) in [4.78, 5) is 11.9. The van der Waals surface area contributed by atoms with Gasteiger partial charge in [0.05, 0.1) is 12.6 Å². The number of unbranched alkanes of at least 4 members (excludes halogenated alkanes) is 1. The van der Waals surface area contributed by atoms with E-state index in [2.05, 4.69) is 39.2 Å². The summed E-state index contributed by atoms with van der Waals surface area (Å²) in [5.74, 6) is 0. The first kappa shape index (κ1) is 21.4. The first-order chi connectivity index (χ1) is 10.8. The quantitative estimate of drug-likeness (QED) is 0.394. The Balaban J connectivity index is 2.29. The maximum Gasteiger partial charge on any atom is 0.407 e. The van der Waals surface area contributed by atoms with E-state index >= 15 is 0 Å². The molecule has 0 saturated carbocycles. The lowest BCUT2D eigenvalue weighted by Crippen LogP contribution is -2.42. The van der Waals surface area contributed by atoms with Gasteiger partial charge < -0.3 is 19.2 Å². The van der Waals surface area contributed by atoms with E-state index in [1.165, 1.54) is 0 Å². The van der Waals surface area contributed by atoms with Gasteiger partial charge in [-0.1, -0.05) is 20.8 Å². The minimum Gasteiger partial charge on any atom is -0.444 e. The van der Waals surface area contributed by atoms with Crippen LogP contribution in [0, 0.1) is 0 Å². The van der Waals surface area contributed by atoms with Crippen LogP contribution < -0.4 is 5.32 Å². The van der Waals surface area contributed by atoms with Gasteiger partial charge in [-0.2, -0.15) is 0 Å². The van der Waals surface area contributed by atoms with E-state index in [1.807, 2.05) is 20.8 Å². The third-order valence-electron chi connectivity index (χ3n) is 4.69. The lowest BCUT2D eigenvalue weighted by atomic mass is 10.1. The third kappa shape index (κ3) is 7.99. The molecule has 1 saturated heterocycles. The average molecular weight is 360 g/mol. The first-order valence-electron chi connectivity index (χ1n) is 9.07. The summed E-state index contributed by atoms with van der Waals surface area (Å²) in [7, 11) is -1.66. The molecule has 1 aliphatic rings. The van der Waals surface area contributed by atoms with Crippen molar-refractivity contribution in [3.8, 4) is 0 Å². The Morgan fingerprint density at radius 2 is 1.79 bits per heavy atom. The summed E-state index contributed by atoms with van der Waals surface area (Å²) in [5.41, 5.74) is -0.476. The molecular weight excluding hydrogens is 322 g/mol. The highest BCUT2D eigenvalue weighted by atomic mass is 28.4. The fourth-order valence-corrected chi connectivity index (χ4v) is 3.20. The van der Waals surface area contributed by atoms with Crippen LogP contribution in [0.25, 0.3) is 0 Å². The van der Waals surface area contributed by atoms with Crippen molar-refractivity contribution in [1.29, 1.82) is 0 Å². The van der Waals surface area contributed by atoms with Crippen molar-refractivity contribution in [1.82, 2.24) is 5.32 Å². The number of carbonyl (C=O) groups is 1. The normalized spacial score (nSPS) is 19.8. The Bertz CT molecular complexity index is 408. The molecular formula is C18H37NO4Si. The molecule has 142 valence electrons. The van der Waals surface area contributed by atoms with Gasteiger partial charge in [0, 0.05) is 6.61 Å². The zero-order valence-corrected chi connectivity index (χ0v) is 17.8. The Kier molecular flexibility index (Phi) is 7.32. The topological polar surface area (TPSA) is 60.1 Å². The van der Waals surface area contributed by atoms with E-state index in [0.717, 1.165) is 32.5 Å². The predicted molar refractivity (Wildman–Crippen MR) is 99.9 cm³/mol. The fraction of sp³-hybridized carbons (Fsp3) is 0.944. The molecule has 6 heteroatoms. The van der Waals surface area contributed by atoms with Crippen molar-refractivity contribution in [3.05, 3.63) is 0 Å². The minimum absolute atomic E-state index is 0.0349. The molecule has 0 aromatic rings. The smallest absolute Gasteiger partial charge is 0.407 e. The highest BCUT2D eigenvalue weighted by molar-refractivity contribution is 6.74. The molecule has 0 radical (unpaired) electrons. The second kappa shape index (κ2) is 8.19. The molecule has 1 amide bonds. The lowest BCUT2D eigenvalue weighted by Gasteiger charge is -2.36. The molecule has 1 fully saturated rings. The summed E-state index contributed by atoms with van der Waals surface area (Å²) in [6, 6.07) is 0.0349. The molecule has 0 aromatic heterocycles. The molecule has 0 bridgehead atoms. The monoisotopic (exact) mass is 359 g/mol. The number of nitrogens with one attached hydrogen (secondary N) is 1. The van der Waals surface area contributed by atoms with Crippen LogP contribution in [0.2, 0.25) is 18.1 Å². The molecule has 1 heterocycles. The molecule has 1 rings (SSSR count). The van der Waals surface area contributed by atoms with Crippen LogP contribution in [-0.4, -0.2) is 45.4 Å². The fourth-order valence-electron chi connectivity index (χ4n) is 2.11. The zero-order chi connectivity index (χ0) is 18.6. The highest BCUT2D eigenvalue weighted by Gasteiger charge is 2.37. The molecule has 0 spiro atoms. The van der Waals surface area contributed by atoms with Crippen molar-refractivity contribution >= 4 is 14.4 Å². The first-order valence-corrected chi connectivity index (χ1v) is 12.0. The van der Waals surface area contributed by atoms with Crippen LogP contribution in [-0.2, 0) is 13.9 Å². The van der Waals surface area contributed by atoms with E-state index in [1.54, 1.807) is 0 Å². The molecule has 24 heavy (non-hydrogen) atoms. The zero-order valence-electron chi connectivity index (χ0n) is 16.8. The van der Waals surface area contributed by atoms with Crippen LogP contribution in [0.5, 0.6) is 0 Å².